The van der Waals surface area contributed by atoms with Crippen molar-refractivity contribution in [1.29, 1.82) is 0 Å². The first-order valence-corrected chi connectivity index (χ1v) is 6.45. The van der Waals surface area contributed by atoms with Crippen LogP contribution in [0.3, 0.4) is 0 Å². The van der Waals surface area contributed by atoms with E-state index in [0.717, 1.165) is 39.3 Å². The number of ether oxygens (including phenoxy) is 1. The average molecular weight is 232 g/mol. The van der Waals surface area contributed by atoms with Gasteiger partial charge in [0.15, 0.2) is 0 Å². The van der Waals surface area contributed by atoms with Crippen molar-refractivity contribution >= 4 is 0 Å². The molecule has 0 bridgehead atoms. The number of likely N-dealkylation sites (N-methyl/N-ethyl adjacent to an activating group) is 1. The van der Waals surface area contributed by atoms with Gasteiger partial charge >= 0.3 is 0 Å². The summed E-state index contributed by atoms with van der Waals surface area (Å²) < 4.78 is 5.48. The van der Waals surface area contributed by atoms with Gasteiger partial charge in [0.1, 0.15) is 0 Å². The van der Waals surface area contributed by atoms with E-state index >= 15 is 0 Å². The minimum Gasteiger partial charge on any atom is -0.376 e. The highest BCUT2D eigenvalue weighted by molar-refractivity contribution is 5.34. The smallest absolute Gasteiger partial charge is 0.0719 e. The third-order valence-corrected chi connectivity index (χ3v) is 3.90. The molecule has 1 unspecified atom stereocenters. The molecule has 1 atom stereocenters. The summed E-state index contributed by atoms with van der Waals surface area (Å²) in [4.78, 5) is 2.44. The van der Waals surface area contributed by atoms with Gasteiger partial charge in [-0.2, -0.15) is 0 Å². The quantitative estimate of drug-likeness (QED) is 0.790. The maximum atomic E-state index is 5.48. The molecule has 1 aromatic carbocycles. The molecule has 1 aromatic rings. The van der Waals surface area contributed by atoms with Crippen molar-refractivity contribution in [3.05, 3.63) is 34.9 Å². The summed E-state index contributed by atoms with van der Waals surface area (Å²) in [6.07, 6.45) is 1.06. The van der Waals surface area contributed by atoms with E-state index in [4.69, 9.17) is 4.74 Å². The summed E-state index contributed by atoms with van der Waals surface area (Å²) in [5.74, 6) is 0. The number of piperazine rings is 1. The molecule has 0 spiro atoms. The highest BCUT2D eigenvalue weighted by atomic mass is 16.5. The Morgan fingerprint density at radius 2 is 2.29 bits per heavy atom. The largest absolute Gasteiger partial charge is 0.376 e. The second kappa shape index (κ2) is 4.77. The van der Waals surface area contributed by atoms with Crippen LogP contribution in [0.4, 0.5) is 0 Å². The van der Waals surface area contributed by atoms with Crippen molar-refractivity contribution in [3.63, 3.8) is 0 Å². The summed E-state index contributed by atoms with van der Waals surface area (Å²) >= 11 is 0. The Kier molecular flexibility index (Phi) is 3.14. The van der Waals surface area contributed by atoms with E-state index in [-0.39, 0.29) is 0 Å². The van der Waals surface area contributed by atoms with E-state index in [1.165, 1.54) is 16.7 Å². The van der Waals surface area contributed by atoms with Gasteiger partial charge < -0.3 is 10.1 Å². The number of hydrogen-bond acceptors (Lipinski definition) is 3. The fraction of sp³-hybridized carbons (Fsp3) is 0.571. The van der Waals surface area contributed by atoms with E-state index in [1.54, 1.807) is 0 Å². The number of rotatable bonds is 1. The molecular weight excluding hydrogens is 212 g/mol. The molecule has 0 aromatic heterocycles. The predicted molar refractivity (Wildman–Crippen MR) is 68.0 cm³/mol. The van der Waals surface area contributed by atoms with Gasteiger partial charge in [0.2, 0.25) is 0 Å². The van der Waals surface area contributed by atoms with E-state index < -0.39 is 0 Å². The van der Waals surface area contributed by atoms with Crippen molar-refractivity contribution in [2.75, 3.05) is 33.3 Å². The molecule has 0 aliphatic carbocycles. The van der Waals surface area contributed by atoms with Gasteiger partial charge in [0, 0.05) is 25.7 Å². The van der Waals surface area contributed by atoms with Gasteiger partial charge in [-0.15, -0.1) is 0 Å². The van der Waals surface area contributed by atoms with Crippen LogP contribution in [0, 0.1) is 0 Å². The van der Waals surface area contributed by atoms with Gasteiger partial charge in [0.25, 0.3) is 0 Å². The van der Waals surface area contributed by atoms with Crippen LogP contribution in [0.25, 0.3) is 0 Å². The summed E-state index contributed by atoms with van der Waals surface area (Å²) in [6.45, 7) is 4.95. The number of fused-ring (bicyclic) bond motifs is 1. The molecule has 1 N–H and O–H groups in total. The summed E-state index contributed by atoms with van der Waals surface area (Å²) in [6, 6.07) is 7.41. The van der Waals surface area contributed by atoms with E-state index in [2.05, 4.69) is 35.5 Å². The summed E-state index contributed by atoms with van der Waals surface area (Å²) in [7, 11) is 2.22. The van der Waals surface area contributed by atoms with Crippen LogP contribution >= 0.6 is 0 Å². The Morgan fingerprint density at radius 3 is 3.18 bits per heavy atom. The molecule has 0 radical (unpaired) electrons. The molecule has 1 fully saturated rings. The maximum absolute atomic E-state index is 5.48. The first-order chi connectivity index (χ1) is 8.34. The minimum absolute atomic E-state index is 0.525. The van der Waals surface area contributed by atoms with Crippen molar-refractivity contribution in [2.24, 2.45) is 0 Å². The fourth-order valence-corrected chi connectivity index (χ4v) is 2.77. The zero-order chi connectivity index (χ0) is 11.7. The van der Waals surface area contributed by atoms with Gasteiger partial charge in [-0.1, -0.05) is 18.2 Å². The van der Waals surface area contributed by atoms with Crippen LogP contribution in [-0.2, 0) is 17.8 Å². The third kappa shape index (κ3) is 2.23. The Morgan fingerprint density at radius 1 is 1.35 bits per heavy atom. The highest BCUT2D eigenvalue weighted by Crippen LogP contribution is 2.25. The lowest BCUT2D eigenvalue weighted by molar-refractivity contribution is 0.110. The van der Waals surface area contributed by atoms with E-state index in [0.29, 0.717) is 6.04 Å². The molecule has 0 saturated carbocycles. The van der Waals surface area contributed by atoms with Crippen molar-refractivity contribution in [1.82, 2.24) is 10.2 Å². The molecule has 2 heterocycles. The standard InChI is InChI=1S/C14H20N2O/c1-16-6-5-15-9-14(16)12-2-3-13-10-17-7-4-11(13)8-12/h2-3,8,14-15H,4-7,9-10H2,1H3. The Balaban J connectivity index is 1.87. The fourth-order valence-electron chi connectivity index (χ4n) is 2.77. The molecule has 3 nitrogen and oxygen atoms in total. The normalized spacial score (nSPS) is 25.6. The molecule has 2 aliphatic heterocycles. The highest BCUT2D eigenvalue weighted by Gasteiger charge is 2.21. The van der Waals surface area contributed by atoms with Gasteiger partial charge in [-0.25, -0.2) is 0 Å². The van der Waals surface area contributed by atoms with Crippen molar-refractivity contribution in [3.8, 4) is 0 Å². The van der Waals surface area contributed by atoms with E-state index in [9.17, 15) is 0 Å². The molecule has 92 valence electrons. The first-order valence-electron chi connectivity index (χ1n) is 6.45. The first kappa shape index (κ1) is 11.2. The zero-order valence-corrected chi connectivity index (χ0v) is 10.4. The molecule has 3 rings (SSSR count). The lowest BCUT2D eigenvalue weighted by Crippen LogP contribution is -2.43. The Bertz CT molecular complexity index is 405. The molecule has 3 heteroatoms. The van der Waals surface area contributed by atoms with Gasteiger partial charge in [-0.05, 0) is 30.2 Å². The average Bonchev–Trinajstić information content (AvgIpc) is 2.39. The number of nitrogens with zero attached hydrogens (tertiary/aromatic N) is 1. The van der Waals surface area contributed by atoms with Crippen molar-refractivity contribution < 1.29 is 4.74 Å². The molecular formula is C14H20N2O. The summed E-state index contributed by atoms with van der Waals surface area (Å²) in [5, 5.41) is 3.48. The SMILES string of the molecule is CN1CCNCC1c1ccc2c(c1)CCOC2. The van der Waals surface area contributed by atoms with Crippen LogP contribution < -0.4 is 5.32 Å². The van der Waals surface area contributed by atoms with Crippen LogP contribution in [-0.4, -0.2) is 38.2 Å². The zero-order valence-electron chi connectivity index (χ0n) is 10.4. The van der Waals surface area contributed by atoms with Crippen LogP contribution in [0.15, 0.2) is 18.2 Å². The molecule has 17 heavy (non-hydrogen) atoms. The van der Waals surface area contributed by atoms with Gasteiger partial charge in [-0.3, -0.25) is 4.90 Å². The van der Waals surface area contributed by atoms with Crippen LogP contribution in [0.5, 0.6) is 0 Å². The Labute approximate surface area is 103 Å². The van der Waals surface area contributed by atoms with Crippen LogP contribution in [0.1, 0.15) is 22.7 Å². The Hall–Kier alpha value is -0.900. The predicted octanol–water partition coefficient (Wildman–Crippen LogP) is 1.34. The summed E-state index contributed by atoms with van der Waals surface area (Å²) in [5.41, 5.74) is 4.29. The second-order valence-electron chi connectivity index (χ2n) is 5.03. The van der Waals surface area contributed by atoms with Crippen LogP contribution in [0.2, 0.25) is 0 Å². The number of hydrogen-bond donors (Lipinski definition) is 1. The van der Waals surface area contributed by atoms with E-state index in [1.807, 2.05) is 0 Å². The maximum Gasteiger partial charge on any atom is 0.0719 e. The minimum atomic E-state index is 0.525. The lowest BCUT2D eigenvalue weighted by atomic mass is 9.95. The van der Waals surface area contributed by atoms with Crippen molar-refractivity contribution in [2.45, 2.75) is 19.1 Å². The number of nitrogens with one attached hydrogen (secondary N) is 1. The number of benzene rings is 1. The topological polar surface area (TPSA) is 24.5 Å². The lowest BCUT2D eigenvalue weighted by Gasteiger charge is -2.34. The van der Waals surface area contributed by atoms with Gasteiger partial charge in [0.05, 0.1) is 13.2 Å². The monoisotopic (exact) mass is 232 g/mol. The molecule has 2 aliphatic rings. The molecule has 1 saturated heterocycles. The molecule has 0 amide bonds. The third-order valence-electron chi connectivity index (χ3n) is 3.90. The second-order valence-corrected chi connectivity index (χ2v) is 5.03.